The molecule has 0 aliphatic carbocycles. The predicted octanol–water partition coefficient (Wildman–Crippen LogP) is -1.68. The molecule has 0 aliphatic rings. The Morgan fingerprint density at radius 3 is 1.17 bits per heavy atom. The Balaban J connectivity index is 0. The summed E-state index contributed by atoms with van der Waals surface area (Å²) in [5.41, 5.74) is 0. The predicted molar refractivity (Wildman–Crippen MR) is 34.9 cm³/mol. The van der Waals surface area contributed by atoms with Gasteiger partial charge in [-0.3, -0.25) is 9.59 Å². The SMILES string of the molecule is CC(=O)CC(C)=O.[OH][Ti]([OH])([OH])[OH]. The van der Waals surface area contributed by atoms with E-state index in [-0.39, 0.29) is 18.0 Å². The fraction of sp³-hybridized carbons (Fsp3) is 0.600. The van der Waals surface area contributed by atoms with Crippen molar-refractivity contribution in [2.24, 2.45) is 0 Å². The van der Waals surface area contributed by atoms with Crippen LogP contribution < -0.4 is 0 Å². The quantitative estimate of drug-likeness (QED) is 0.324. The molecule has 4 N–H and O–H groups in total. The Labute approximate surface area is 74.7 Å². The van der Waals surface area contributed by atoms with Gasteiger partial charge in [0.05, 0.1) is 6.42 Å². The molecule has 12 heavy (non-hydrogen) atoms. The molecule has 0 aromatic carbocycles. The van der Waals surface area contributed by atoms with E-state index in [2.05, 4.69) is 0 Å². The average Bonchev–Trinajstić information content (AvgIpc) is 1.52. The normalized spacial score (nSPS) is 9.83. The molecule has 0 unspecified atom stereocenters. The van der Waals surface area contributed by atoms with Crippen molar-refractivity contribution < 1.29 is 42.5 Å². The number of carbonyl (C=O) groups is 2. The summed E-state index contributed by atoms with van der Waals surface area (Å²) in [6.07, 6.45) is 0.0833. The van der Waals surface area contributed by atoms with Crippen molar-refractivity contribution in [3.05, 3.63) is 0 Å². The molecule has 0 rings (SSSR count). The Morgan fingerprint density at radius 2 is 1.17 bits per heavy atom. The van der Waals surface area contributed by atoms with E-state index in [9.17, 15) is 9.59 Å². The molecule has 0 fully saturated rings. The summed E-state index contributed by atoms with van der Waals surface area (Å²) in [4.78, 5) is 20.1. The Morgan fingerprint density at radius 1 is 1.00 bits per heavy atom. The number of hydrogen-bond acceptors (Lipinski definition) is 6. The van der Waals surface area contributed by atoms with Gasteiger partial charge in [-0.05, 0) is 13.8 Å². The van der Waals surface area contributed by atoms with Crippen molar-refractivity contribution in [1.82, 2.24) is 0 Å². The van der Waals surface area contributed by atoms with Crippen LogP contribution >= 0.6 is 0 Å². The zero-order valence-electron chi connectivity index (χ0n) is 6.81. The van der Waals surface area contributed by atoms with E-state index < -0.39 is 18.1 Å². The van der Waals surface area contributed by atoms with Crippen LogP contribution in [0.15, 0.2) is 0 Å². The van der Waals surface area contributed by atoms with Crippen molar-refractivity contribution in [2.75, 3.05) is 0 Å². The van der Waals surface area contributed by atoms with Gasteiger partial charge in [0.15, 0.2) is 0 Å². The third-order valence-electron chi connectivity index (χ3n) is 0.498. The number of carbonyl (C=O) groups excluding carboxylic acids is 2. The second-order valence-corrected chi connectivity index (χ2v) is 4.05. The summed E-state index contributed by atoms with van der Waals surface area (Å²) in [5.74, 6) is -0.125. The molecular formula is C5H12O6Ti. The van der Waals surface area contributed by atoms with Crippen LogP contribution in [0.5, 0.6) is 0 Å². The zero-order chi connectivity index (χ0) is 10.4. The van der Waals surface area contributed by atoms with Crippen LogP contribution in [0.3, 0.4) is 0 Å². The second-order valence-electron chi connectivity index (χ2n) is 2.18. The topological polar surface area (TPSA) is 115 Å². The molecule has 0 aromatic heterocycles. The third kappa shape index (κ3) is 51.6. The molecule has 0 heterocycles. The first-order valence-corrected chi connectivity index (χ1v) is 5.80. The molecule has 0 atom stereocenters. The van der Waals surface area contributed by atoms with Crippen LogP contribution in [0.1, 0.15) is 20.3 Å². The number of hydrogen-bond donors (Lipinski definition) is 4. The van der Waals surface area contributed by atoms with Gasteiger partial charge in [-0.2, -0.15) is 0 Å². The van der Waals surface area contributed by atoms with E-state index in [0.29, 0.717) is 0 Å². The van der Waals surface area contributed by atoms with E-state index in [1.807, 2.05) is 0 Å². The van der Waals surface area contributed by atoms with Gasteiger partial charge in [0.1, 0.15) is 11.6 Å². The Kier molecular flexibility index (Phi) is 7.71. The van der Waals surface area contributed by atoms with Crippen molar-refractivity contribution in [3.8, 4) is 0 Å². The summed E-state index contributed by atoms with van der Waals surface area (Å²) in [6, 6.07) is 0. The van der Waals surface area contributed by atoms with Gasteiger partial charge in [-0.1, -0.05) is 0 Å². The van der Waals surface area contributed by atoms with Gasteiger partial charge in [0.25, 0.3) is 0 Å². The summed E-state index contributed by atoms with van der Waals surface area (Å²) in [5, 5.41) is 0. The fourth-order valence-corrected chi connectivity index (χ4v) is 0.351. The first-order chi connectivity index (χ1) is 5.13. The molecule has 72 valence electrons. The van der Waals surface area contributed by atoms with Gasteiger partial charge >= 0.3 is 32.9 Å². The molecule has 0 saturated heterocycles. The van der Waals surface area contributed by atoms with Gasteiger partial charge in [-0.15, -0.1) is 0 Å². The van der Waals surface area contributed by atoms with E-state index in [1.165, 1.54) is 13.8 Å². The van der Waals surface area contributed by atoms with Crippen LogP contribution in [0.4, 0.5) is 0 Å². The average molecular weight is 216 g/mol. The van der Waals surface area contributed by atoms with Gasteiger partial charge in [0.2, 0.25) is 0 Å². The van der Waals surface area contributed by atoms with E-state index in [1.54, 1.807) is 0 Å². The molecule has 0 amide bonds. The standard InChI is InChI=1S/C5H8O2.4H2O.Ti/c1-4(6)3-5(2)7;;;;;/h3H2,1-2H3;4*1H2;/q;;;;;+4/p-4. The summed E-state index contributed by atoms with van der Waals surface area (Å²) < 4.78 is 29.5. The second kappa shape index (κ2) is 6.41. The molecule has 7 heteroatoms. The van der Waals surface area contributed by atoms with Crippen LogP contribution in [-0.4, -0.2) is 26.3 Å². The Hall–Kier alpha value is -0.106. The third-order valence-corrected chi connectivity index (χ3v) is 0.498. The maximum absolute atomic E-state index is 10.0. The minimum absolute atomic E-state index is 0.0625. The molecule has 6 nitrogen and oxygen atoms in total. The van der Waals surface area contributed by atoms with Crippen molar-refractivity contribution in [1.29, 1.82) is 0 Å². The monoisotopic (exact) mass is 216 g/mol. The van der Waals surface area contributed by atoms with E-state index >= 15 is 0 Å². The summed E-state index contributed by atoms with van der Waals surface area (Å²) >= 11 is -5.00. The van der Waals surface area contributed by atoms with Crippen LogP contribution in [0.25, 0.3) is 0 Å². The summed E-state index contributed by atoms with van der Waals surface area (Å²) in [7, 11) is 0. The van der Waals surface area contributed by atoms with E-state index in [4.69, 9.17) is 14.8 Å². The van der Waals surface area contributed by atoms with Crippen molar-refractivity contribution in [2.45, 2.75) is 20.3 Å². The molecule has 0 radical (unpaired) electrons. The Bertz CT molecular complexity index is 142. The van der Waals surface area contributed by atoms with E-state index in [0.717, 1.165) is 0 Å². The van der Waals surface area contributed by atoms with Crippen LogP contribution in [-0.2, 0) is 27.7 Å². The van der Waals surface area contributed by atoms with Crippen molar-refractivity contribution >= 4 is 11.6 Å². The fourth-order valence-electron chi connectivity index (χ4n) is 0.351. The number of ketones is 2. The molecule has 0 aliphatic heterocycles. The molecule has 0 spiro atoms. The zero-order valence-corrected chi connectivity index (χ0v) is 8.37. The molecule has 0 aromatic rings. The summed E-state index contributed by atoms with van der Waals surface area (Å²) in [6.45, 7) is 2.81. The maximum atomic E-state index is 10.0. The minimum atomic E-state index is -5.00. The van der Waals surface area contributed by atoms with Crippen LogP contribution in [0.2, 0.25) is 0 Å². The number of rotatable bonds is 2. The molecule has 0 saturated carbocycles. The molecule has 0 bridgehead atoms. The first-order valence-electron chi connectivity index (χ1n) is 3.01. The van der Waals surface area contributed by atoms with Crippen molar-refractivity contribution in [3.63, 3.8) is 0 Å². The number of Topliss-reactive ketones (excluding diaryl/α,β-unsaturated/α-hetero) is 2. The molecular weight excluding hydrogens is 204 g/mol. The van der Waals surface area contributed by atoms with Gasteiger partial charge in [-0.25, -0.2) is 0 Å². The van der Waals surface area contributed by atoms with Crippen LogP contribution in [0, 0.1) is 0 Å². The first kappa shape index (κ1) is 14.4. The van der Waals surface area contributed by atoms with Gasteiger partial charge in [0, 0.05) is 0 Å². The van der Waals surface area contributed by atoms with Gasteiger partial charge < -0.3 is 0 Å².